The Kier molecular flexibility index (Phi) is 3.03. The molecule has 0 spiro atoms. The van der Waals surface area contributed by atoms with Crippen LogP contribution in [0.1, 0.15) is 12.8 Å². The van der Waals surface area contributed by atoms with Crippen molar-refractivity contribution in [3.05, 3.63) is 0 Å². The molecule has 2 saturated heterocycles. The van der Waals surface area contributed by atoms with Gasteiger partial charge in [-0.2, -0.15) is 0 Å². The number of piperidine rings is 1. The highest BCUT2D eigenvalue weighted by molar-refractivity contribution is 5.72. The van der Waals surface area contributed by atoms with Gasteiger partial charge in [-0.3, -0.25) is 4.79 Å². The highest BCUT2D eigenvalue weighted by Gasteiger charge is 2.35. The summed E-state index contributed by atoms with van der Waals surface area (Å²) >= 11 is 0. The normalized spacial score (nSPS) is 37.4. The summed E-state index contributed by atoms with van der Waals surface area (Å²) in [7, 11) is 1.45. The van der Waals surface area contributed by atoms with Gasteiger partial charge in [-0.15, -0.1) is 0 Å². The molecule has 1 unspecified atom stereocenters. The highest BCUT2D eigenvalue weighted by atomic mass is 16.5. The number of carbonyl (C=O) groups is 1. The fourth-order valence-electron chi connectivity index (χ4n) is 2.39. The van der Waals surface area contributed by atoms with Gasteiger partial charge >= 0.3 is 5.97 Å². The molecule has 2 heterocycles. The van der Waals surface area contributed by atoms with Crippen LogP contribution < -0.4 is 5.32 Å². The summed E-state index contributed by atoms with van der Waals surface area (Å²) in [5, 5.41) is 3.41. The largest absolute Gasteiger partial charge is 0.469 e. The molecule has 0 aromatic rings. The number of fused-ring (bicyclic) bond motifs is 1. The first-order valence-electron chi connectivity index (χ1n) is 5.20. The van der Waals surface area contributed by atoms with Gasteiger partial charge in [-0.05, 0) is 18.8 Å². The Balaban J connectivity index is 1.92. The fourth-order valence-corrected chi connectivity index (χ4v) is 2.39. The smallest absolute Gasteiger partial charge is 0.309 e. The topological polar surface area (TPSA) is 47.6 Å². The van der Waals surface area contributed by atoms with E-state index >= 15 is 0 Å². The predicted molar refractivity (Wildman–Crippen MR) is 50.8 cm³/mol. The van der Waals surface area contributed by atoms with E-state index in [-0.39, 0.29) is 11.9 Å². The number of rotatable bonds is 1. The molecule has 0 bridgehead atoms. The van der Waals surface area contributed by atoms with E-state index in [1.165, 1.54) is 7.11 Å². The van der Waals surface area contributed by atoms with Crippen molar-refractivity contribution in [3.63, 3.8) is 0 Å². The standard InChI is InChI=1S/C10H17NO3/c1-13-10(12)7-4-8-6-14-3-2-9(8)11-5-7/h7-9,11H,2-6H2,1H3/t7?,8-,9+/m1/s1. The predicted octanol–water partition coefficient (Wildman–Crippen LogP) is 0.174. The SMILES string of the molecule is COC(=O)C1CN[C@H]2CCOC[C@H]2C1. The van der Waals surface area contributed by atoms with E-state index < -0.39 is 0 Å². The van der Waals surface area contributed by atoms with Crippen molar-refractivity contribution in [1.82, 2.24) is 5.32 Å². The molecule has 4 nitrogen and oxygen atoms in total. The second-order valence-electron chi connectivity index (χ2n) is 4.09. The van der Waals surface area contributed by atoms with Crippen LogP contribution in [0, 0.1) is 11.8 Å². The molecule has 0 saturated carbocycles. The zero-order valence-corrected chi connectivity index (χ0v) is 8.49. The third-order valence-corrected chi connectivity index (χ3v) is 3.22. The molecule has 0 aromatic carbocycles. The van der Waals surface area contributed by atoms with Crippen molar-refractivity contribution < 1.29 is 14.3 Å². The second-order valence-corrected chi connectivity index (χ2v) is 4.09. The van der Waals surface area contributed by atoms with E-state index in [2.05, 4.69) is 5.32 Å². The van der Waals surface area contributed by atoms with Crippen LogP contribution in [-0.4, -0.2) is 38.9 Å². The van der Waals surface area contributed by atoms with E-state index in [0.717, 1.165) is 32.6 Å². The van der Waals surface area contributed by atoms with Gasteiger partial charge in [-0.25, -0.2) is 0 Å². The minimum Gasteiger partial charge on any atom is -0.469 e. The van der Waals surface area contributed by atoms with E-state index in [0.29, 0.717) is 12.0 Å². The van der Waals surface area contributed by atoms with Gasteiger partial charge in [0, 0.05) is 19.2 Å². The molecule has 1 N–H and O–H groups in total. The third-order valence-electron chi connectivity index (χ3n) is 3.22. The first-order chi connectivity index (χ1) is 6.81. The van der Waals surface area contributed by atoms with Gasteiger partial charge in [0.05, 0.1) is 19.6 Å². The van der Waals surface area contributed by atoms with E-state index in [9.17, 15) is 4.79 Å². The summed E-state index contributed by atoms with van der Waals surface area (Å²) in [5.41, 5.74) is 0. The van der Waals surface area contributed by atoms with Gasteiger partial charge in [0.2, 0.25) is 0 Å². The molecule has 2 rings (SSSR count). The Labute approximate surface area is 84.0 Å². The Hall–Kier alpha value is -0.610. The number of methoxy groups -OCH3 is 1. The molecular formula is C10H17NO3. The fraction of sp³-hybridized carbons (Fsp3) is 0.900. The molecule has 14 heavy (non-hydrogen) atoms. The number of carbonyl (C=O) groups excluding carboxylic acids is 1. The maximum Gasteiger partial charge on any atom is 0.309 e. The number of esters is 1. The Bertz CT molecular complexity index is 219. The molecule has 0 amide bonds. The van der Waals surface area contributed by atoms with E-state index in [4.69, 9.17) is 9.47 Å². The lowest BCUT2D eigenvalue weighted by molar-refractivity contribution is -0.147. The molecular weight excluding hydrogens is 182 g/mol. The van der Waals surface area contributed by atoms with Crippen molar-refractivity contribution in [2.75, 3.05) is 26.9 Å². The van der Waals surface area contributed by atoms with Gasteiger partial charge in [-0.1, -0.05) is 0 Å². The summed E-state index contributed by atoms with van der Waals surface area (Å²) in [6.45, 7) is 2.38. The average molecular weight is 199 g/mol. The van der Waals surface area contributed by atoms with Crippen molar-refractivity contribution in [2.24, 2.45) is 11.8 Å². The Morgan fingerprint density at radius 2 is 2.43 bits per heavy atom. The molecule has 2 aliphatic heterocycles. The van der Waals surface area contributed by atoms with Crippen LogP contribution in [0.15, 0.2) is 0 Å². The quantitative estimate of drug-likeness (QED) is 0.612. The van der Waals surface area contributed by atoms with Crippen molar-refractivity contribution in [3.8, 4) is 0 Å². The van der Waals surface area contributed by atoms with Gasteiger partial charge in [0.15, 0.2) is 0 Å². The zero-order chi connectivity index (χ0) is 9.97. The number of hydrogen-bond donors (Lipinski definition) is 1. The molecule has 3 atom stereocenters. The molecule has 4 heteroatoms. The summed E-state index contributed by atoms with van der Waals surface area (Å²) in [4.78, 5) is 11.3. The monoisotopic (exact) mass is 199 g/mol. The van der Waals surface area contributed by atoms with Crippen LogP contribution in [0.3, 0.4) is 0 Å². The summed E-state index contributed by atoms with van der Waals surface area (Å²) in [6.07, 6.45) is 1.98. The van der Waals surface area contributed by atoms with Crippen LogP contribution >= 0.6 is 0 Å². The lowest BCUT2D eigenvalue weighted by Gasteiger charge is -2.38. The number of nitrogens with one attached hydrogen (secondary N) is 1. The first-order valence-corrected chi connectivity index (χ1v) is 5.20. The van der Waals surface area contributed by atoms with Crippen molar-refractivity contribution in [2.45, 2.75) is 18.9 Å². The molecule has 0 aliphatic carbocycles. The summed E-state index contributed by atoms with van der Waals surface area (Å²) < 4.78 is 10.2. The molecule has 80 valence electrons. The zero-order valence-electron chi connectivity index (χ0n) is 8.49. The van der Waals surface area contributed by atoms with E-state index in [1.54, 1.807) is 0 Å². The van der Waals surface area contributed by atoms with Crippen LogP contribution in [0.5, 0.6) is 0 Å². The van der Waals surface area contributed by atoms with Crippen LogP contribution in [-0.2, 0) is 14.3 Å². The lowest BCUT2D eigenvalue weighted by atomic mass is 9.83. The van der Waals surface area contributed by atoms with Crippen molar-refractivity contribution in [1.29, 1.82) is 0 Å². The van der Waals surface area contributed by atoms with Gasteiger partial charge < -0.3 is 14.8 Å². The Morgan fingerprint density at radius 1 is 1.57 bits per heavy atom. The summed E-state index contributed by atoms with van der Waals surface area (Å²) in [5.74, 6) is 0.408. The minimum atomic E-state index is -0.0958. The van der Waals surface area contributed by atoms with Crippen LogP contribution in [0.4, 0.5) is 0 Å². The molecule has 2 aliphatic rings. The summed E-state index contributed by atoms with van der Waals surface area (Å²) in [6, 6.07) is 0.546. The number of ether oxygens (including phenoxy) is 2. The number of hydrogen-bond acceptors (Lipinski definition) is 4. The average Bonchev–Trinajstić information content (AvgIpc) is 2.27. The third kappa shape index (κ3) is 1.91. The lowest BCUT2D eigenvalue weighted by Crippen LogP contribution is -2.51. The van der Waals surface area contributed by atoms with Crippen LogP contribution in [0.25, 0.3) is 0 Å². The maximum atomic E-state index is 11.3. The van der Waals surface area contributed by atoms with Crippen molar-refractivity contribution >= 4 is 5.97 Å². The highest BCUT2D eigenvalue weighted by Crippen LogP contribution is 2.26. The Morgan fingerprint density at radius 3 is 3.21 bits per heavy atom. The van der Waals surface area contributed by atoms with Gasteiger partial charge in [0.25, 0.3) is 0 Å². The molecule has 0 aromatic heterocycles. The minimum absolute atomic E-state index is 0.0166. The maximum absolute atomic E-state index is 11.3. The van der Waals surface area contributed by atoms with Gasteiger partial charge in [0.1, 0.15) is 0 Å². The van der Waals surface area contributed by atoms with Crippen LogP contribution in [0.2, 0.25) is 0 Å². The molecule has 0 radical (unpaired) electrons. The molecule has 2 fully saturated rings. The second kappa shape index (κ2) is 4.28. The first kappa shape index (κ1) is 9.93. The van der Waals surface area contributed by atoms with E-state index in [1.807, 2.05) is 0 Å².